The zero-order valence-corrected chi connectivity index (χ0v) is 8.95. The number of rotatable bonds is 2. The van der Waals surface area contributed by atoms with Gasteiger partial charge in [-0.25, -0.2) is 0 Å². The Bertz CT molecular complexity index is 276. The van der Waals surface area contributed by atoms with Gasteiger partial charge >= 0.3 is 0 Å². The van der Waals surface area contributed by atoms with E-state index in [4.69, 9.17) is 10.8 Å². The van der Waals surface area contributed by atoms with Crippen molar-refractivity contribution in [3.8, 4) is 0 Å². The number of nitrogens with zero attached hydrogens (tertiary/aromatic N) is 1. The Morgan fingerprint density at radius 3 is 2.92 bits per heavy atom. The van der Waals surface area contributed by atoms with Crippen LogP contribution in [0.3, 0.4) is 0 Å². The molecule has 0 aromatic carbocycles. The molecule has 0 unspecified atom stereocenters. The van der Waals surface area contributed by atoms with Gasteiger partial charge in [0, 0.05) is 9.77 Å². The zero-order valence-electron chi connectivity index (χ0n) is 6.79. The third kappa shape index (κ3) is 2.15. The second-order valence-corrected chi connectivity index (χ2v) is 4.18. The van der Waals surface area contributed by atoms with Gasteiger partial charge in [0.2, 0.25) is 0 Å². The minimum atomic E-state index is -0.735. The first-order valence-electron chi connectivity index (χ1n) is 3.58. The molecule has 0 aliphatic carbocycles. The summed E-state index contributed by atoms with van der Waals surface area (Å²) in [6, 6.07) is 3.76. The SMILES string of the molecule is C[C@](N)(CO)c1cc(I)ccn1. The second kappa shape index (κ2) is 3.68. The standard InChI is InChI=1S/C8H11IN2O/c1-8(10,5-12)7-4-6(9)2-3-11-7/h2-4,12H,5,10H2,1H3/t8-/m0/s1. The summed E-state index contributed by atoms with van der Waals surface area (Å²) >= 11 is 2.18. The molecule has 0 saturated heterocycles. The van der Waals surface area contributed by atoms with Crippen LogP contribution in [0.2, 0.25) is 0 Å². The molecule has 1 rings (SSSR count). The number of nitrogens with two attached hydrogens (primary N) is 1. The lowest BCUT2D eigenvalue weighted by molar-refractivity contribution is 0.206. The molecule has 3 nitrogen and oxygen atoms in total. The van der Waals surface area contributed by atoms with Crippen LogP contribution in [0.15, 0.2) is 18.3 Å². The van der Waals surface area contributed by atoms with Gasteiger partial charge in [-0.1, -0.05) is 0 Å². The van der Waals surface area contributed by atoms with Crippen molar-refractivity contribution in [3.05, 3.63) is 27.6 Å². The molecular weight excluding hydrogens is 267 g/mol. The fraction of sp³-hybridized carbons (Fsp3) is 0.375. The summed E-state index contributed by atoms with van der Waals surface area (Å²) in [5.41, 5.74) is 5.77. The van der Waals surface area contributed by atoms with Crippen LogP contribution >= 0.6 is 22.6 Å². The molecule has 0 radical (unpaired) electrons. The van der Waals surface area contributed by atoms with E-state index in [0.717, 1.165) is 9.26 Å². The predicted octanol–water partition coefficient (Wildman–Crippen LogP) is 0.852. The summed E-state index contributed by atoms with van der Waals surface area (Å²) in [5.74, 6) is 0. The molecule has 1 aromatic rings. The lowest BCUT2D eigenvalue weighted by Gasteiger charge is -2.20. The summed E-state index contributed by atoms with van der Waals surface area (Å²) in [7, 11) is 0. The smallest absolute Gasteiger partial charge is 0.0789 e. The van der Waals surface area contributed by atoms with E-state index in [9.17, 15) is 0 Å². The van der Waals surface area contributed by atoms with Gasteiger partial charge in [-0.2, -0.15) is 0 Å². The maximum atomic E-state index is 8.97. The first kappa shape index (κ1) is 9.88. The summed E-state index contributed by atoms with van der Waals surface area (Å²) < 4.78 is 1.07. The number of aliphatic hydroxyl groups is 1. The van der Waals surface area contributed by atoms with Gasteiger partial charge in [0.1, 0.15) is 0 Å². The van der Waals surface area contributed by atoms with Crippen LogP contribution in [0.4, 0.5) is 0 Å². The molecule has 0 saturated carbocycles. The Balaban J connectivity index is 3.03. The second-order valence-electron chi connectivity index (χ2n) is 2.93. The number of aromatic nitrogens is 1. The van der Waals surface area contributed by atoms with Crippen molar-refractivity contribution in [1.82, 2.24) is 4.98 Å². The highest BCUT2D eigenvalue weighted by atomic mass is 127. The van der Waals surface area contributed by atoms with Crippen LogP contribution in [0.1, 0.15) is 12.6 Å². The van der Waals surface area contributed by atoms with Gasteiger partial charge in [-0.3, -0.25) is 4.98 Å². The molecule has 0 aliphatic heterocycles. The van der Waals surface area contributed by atoms with Crippen LogP contribution in [0, 0.1) is 3.57 Å². The van der Waals surface area contributed by atoms with Crippen molar-refractivity contribution in [3.63, 3.8) is 0 Å². The van der Waals surface area contributed by atoms with Crippen molar-refractivity contribution in [1.29, 1.82) is 0 Å². The van der Waals surface area contributed by atoms with E-state index in [1.54, 1.807) is 13.1 Å². The first-order chi connectivity index (χ1) is 5.56. The zero-order chi connectivity index (χ0) is 9.19. The normalized spacial score (nSPS) is 15.7. The van der Waals surface area contributed by atoms with Crippen molar-refractivity contribution in [2.45, 2.75) is 12.5 Å². The molecule has 0 spiro atoms. The lowest BCUT2D eigenvalue weighted by Crippen LogP contribution is -2.37. The molecule has 12 heavy (non-hydrogen) atoms. The molecule has 1 heterocycles. The van der Waals surface area contributed by atoms with Crippen molar-refractivity contribution >= 4 is 22.6 Å². The summed E-state index contributed by atoms with van der Waals surface area (Å²) in [5, 5.41) is 8.97. The first-order valence-corrected chi connectivity index (χ1v) is 4.66. The van der Waals surface area contributed by atoms with E-state index < -0.39 is 5.54 Å². The van der Waals surface area contributed by atoms with Crippen molar-refractivity contribution < 1.29 is 5.11 Å². The molecule has 1 aromatic heterocycles. The van der Waals surface area contributed by atoms with Crippen LogP contribution in [0.5, 0.6) is 0 Å². The molecule has 3 N–H and O–H groups in total. The number of halogens is 1. The highest BCUT2D eigenvalue weighted by Crippen LogP contribution is 2.16. The monoisotopic (exact) mass is 278 g/mol. The van der Waals surface area contributed by atoms with Gasteiger partial charge < -0.3 is 10.8 Å². The largest absolute Gasteiger partial charge is 0.394 e. The number of aliphatic hydroxyl groups excluding tert-OH is 1. The highest BCUT2D eigenvalue weighted by molar-refractivity contribution is 14.1. The summed E-state index contributed by atoms with van der Waals surface area (Å²) in [4.78, 5) is 4.09. The van der Waals surface area contributed by atoms with Gasteiger partial charge in [0.05, 0.1) is 17.8 Å². The number of pyridine rings is 1. The summed E-state index contributed by atoms with van der Waals surface area (Å²) in [6.45, 7) is 1.66. The van der Waals surface area contributed by atoms with E-state index in [1.807, 2.05) is 12.1 Å². The average molecular weight is 278 g/mol. The molecule has 66 valence electrons. The van der Waals surface area contributed by atoms with Crippen LogP contribution < -0.4 is 5.73 Å². The lowest BCUT2D eigenvalue weighted by atomic mass is 10.0. The van der Waals surface area contributed by atoms with E-state index >= 15 is 0 Å². The predicted molar refractivity (Wildman–Crippen MR) is 55.6 cm³/mol. The van der Waals surface area contributed by atoms with Crippen LogP contribution in [-0.2, 0) is 5.54 Å². The molecule has 0 bridgehead atoms. The molecular formula is C8H11IN2O. The third-order valence-corrected chi connectivity index (χ3v) is 2.31. The quantitative estimate of drug-likeness (QED) is 0.789. The Labute approximate surface area is 85.1 Å². The maximum Gasteiger partial charge on any atom is 0.0789 e. The molecule has 0 fully saturated rings. The van der Waals surface area contributed by atoms with E-state index in [1.165, 1.54) is 0 Å². The van der Waals surface area contributed by atoms with Gasteiger partial charge in [0.15, 0.2) is 0 Å². The number of hydrogen-bond acceptors (Lipinski definition) is 3. The van der Waals surface area contributed by atoms with E-state index in [2.05, 4.69) is 27.6 Å². The van der Waals surface area contributed by atoms with Crippen molar-refractivity contribution in [2.75, 3.05) is 6.61 Å². The minimum Gasteiger partial charge on any atom is -0.394 e. The van der Waals surface area contributed by atoms with Crippen LogP contribution in [-0.4, -0.2) is 16.7 Å². The van der Waals surface area contributed by atoms with Crippen molar-refractivity contribution in [2.24, 2.45) is 5.73 Å². The Hall–Kier alpha value is -0.200. The fourth-order valence-electron chi connectivity index (χ4n) is 0.798. The molecule has 0 amide bonds. The minimum absolute atomic E-state index is 0.0971. The number of hydrogen-bond donors (Lipinski definition) is 2. The Morgan fingerprint density at radius 2 is 2.42 bits per heavy atom. The Kier molecular flexibility index (Phi) is 3.03. The van der Waals surface area contributed by atoms with E-state index in [0.29, 0.717) is 0 Å². The van der Waals surface area contributed by atoms with Crippen LogP contribution in [0.25, 0.3) is 0 Å². The molecule has 0 aliphatic rings. The average Bonchev–Trinajstić information content (AvgIpc) is 2.05. The topological polar surface area (TPSA) is 59.1 Å². The summed E-state index contributed by atoms with van der Waals surface area (Å²) in [6.07, 6.45) is 1.69. The molecule has 1 atom stereocenters. The third-order valence-electron chi connectivity index (χ3n) is 1.64. The van der Waals surface area contributed by atoms with Gasteiger partial charge in [-0.15, -0.1) is 0 Å². The van der Waals surface area contributed by atoms with Gasteiger partial charge in [0.25, 0.3) is 0 Å². The maximum absolute atomic E-state index is 8.97. The van der Waals surface area contributed by atoms with Gasteiger partial charge in [-0.05, 0) is 41.6 Å². The molecule has 4 heteroatoms. The Morgan fingerprint density at radius 1 is 1.75 bits per heavy atom. The van der Waals surface area contributed by atoms with E-state index in [-0.39, 0.29) is 6.61 Å². The highest BCUT2D eigenvalue weighted by Gasteiger charge is 2.21. The fourth-order valence-corrected chi connectivity index (χ4v) is 1.25.